The van der Waals surface area contributed by atoms with Crippen LogP contribution >= 0.6 is 0 Å². The molecule has 5 heteroatoms. The van der Waals surface area contributed by atoms with Crippen molar-refractivity contribution in [1.29, 1.82) is 0 Å². The molecule has 0 spiro atoms. The van der Waals surface area contributed by atoms with Crippen LogP contribution in [0.15, 0.2) is 12.4 Å². The van der Waals surface area contributed by atoms with Crippen LogP contribution in [-0.4, -0.2) is 40.7 Å². The van der Waals surface area contributed by atoms with Crippen molar-refractivity contribution in [3.63, 3.8) is 0 Å². The minimum absolute atomic E-state index is 0.0995. The van der Waals surface area contributed by atoms with Gasteiger partial charge in [0.05, 0.1) is 6.61 Å². The molecule has 0 radical (unpaired) electrons. The normalized spacial score (nSPS) is 16.8. The van der Waals surface area contributed by atoms with E-state index in [-0.39, 0.29) is 5.91 Å². The fourth-order valence-corrected chi connectivity index (χ4v) is 1.11. The highest BCUT2D eigenvalue weighted by Gasteiger charge is 2.21. The van der Waals surface area contributed by atoms with Crippen molar-refractivity contribution in [1.82, 2.24) is 14.9 Å². The molecule has 0 aromatic carbocycles. The van der Waals surface area contributed by atoms with E-state index in [9.17, 15) is 4.79 Å². The first-order valence-electron chi connectivity index (χ1n) is 3.74. The molecule has 1 aromatic heterocycles. The number of nitrogens with zero attached hydrogens (tertiary/aromatic N) is 2. The van der Waals surface area contributed by atoms with E-state index in [0.717, 1.165) is 0 Å². The highest BCUT2D eigenvalue weighted by molar-refractivity contribution is 5.90. The van der Waals surface area contributed by atoms with E-state index in [2.05, 4.69) is 9.97 Å². The Balaban J connectivity index is 2.09. The number of aromatic amines is 1. The summed E-state index contributed by atoms with van der Waals surface area (Å²) in [5, 5.41) is 0. The Hall–Kier alpha value is -1.36. The predicted molar refractivity (Wildman–Crippen MR) is 40.4 cm³/mol. The molecule has 1 N–H and O–H groups in total. The van der Waals surface area contributed by atoms with Crippen LogP contribution in [0.25, 0.3) is 0 Å². The van der Waals surface area contributed by atoms with E-state index in [1.165, 1.54) is 0 Å². The average Bonchev–Trinajstić information content (AvgIpc) is 2.77. The first-order chi connectivity index (χ1) is 5.88. The van der Waals surface area contributed by atoms with Crippen LogP contribution in [0.5, 0.6) is 0 Å². The average molecular weight is 167 g/mol. The molecule has 64 valence electrons. The van der Waals surface area contributed by atoms with Gasteiger partial charge in [0.2, 0.25) is 0 Å². The van der Waals surface area contributed by atoms with Gasteiger partial charge in [0.1, 0.15) is 6.73 Å². The van der Waals surface area contributed by atoms with Gasteiger partial charge in [-0.2, -0.15) is 0 Å². The number of H-pyrrole nitrogens is 1. The van der Waals surface area contributed by atoms with Crippen molar-refractivity contribution < 1.29 is 9.53 Å². The van der Waals surface area contributed by atoms with Crippen molar-refractivity contribution in [2.75, 3.05) is 19.9 Å². The Morgan fingerprint density at radius 1 is 1.75 bits per heavy atom. The largest absolute Gasteiger partial charge is 0.359 e. The zero-order valence-corrected chi connectivity index (χ0v) is 6.49. The lowest BCUT2D eigenvalue weighted by molar-refractivity contribution is 0.0684. The fourth-order valence-electron chi connectivity index (χ4n) is 1.11. The molecule has 1 aliphatic rings. The Morgan fingerprint density at radius 3 is 3.25 bits per heavy atom. The molecule has 0 unspecified atom stereocenters. The number of hydrogen-bond donors (Lipinski definition) is 1. The maximum absolute atomic E-state index is 11.5. The van der Waals surface area contributed by atoms with Gasteiger partial charge in [0.25, 0.3) is 5.91 Å². The number of rotatable bonds is 1. The van der Waals surface area contributed by atoms with Crippen LogP contribution < -0.4 is 0 Å². The first kappa shape index (κ1) is 7.30. The quantitative estimate of drug-likeness (QED) is 0.632. The molecule has 1 fully saturated rings. The van der Waals surface area contributed by atoms with Crippen LogP contribution in [0.4, 0.5) is 0 Å². The second-order valence-electron chi connectivity index (χ2n) is 2.54. The molecule has 0 saturated carbocycles. The molecule has 5 nitrogen and oxygen atoms in total. The first-order valence-corrected chi connectivity index (χ1v) is 3.74. The van der Waals surface area contributed by atoms with Crippen molar-refractivity contribution in [3.05, 3.63) is 18.2 Å². The maximum atomic E-state index is 11.5. The number of nitrogens with one attached hydrogen (secondary N) is 1. The zero-order valence-electron chi connectivity index (χ0n) is 6.49. The summed E-state index contributed by atoms with van der Waals surface area (Å²) in [5.41, 5.74) is 0. The molecular weight excluding hydrogens is 158 g/mol. The Morgan fingerprint density at radius 2 is 2.67 bits per heavy atom. The number of ether oxygens (including phenoxy) is 1. The molecule has 0 atom stereocenters. The summed E-state index contributed by atoms with van der Waals surface area (Å²) in [6.07, 6.45) is 3.19. The topological polar surface area (TPSA) is 58.2 Å². The van der Waals surface area contributed by atoms with E-state index in [4.69, 9.17) is 4.74 Å². The molecule has 2 heterocycles. The van der Waals surface area contributed by atoms with Gasteiger partial charge in [-0.25, -0.2) is 4.98 Å². The highest BCUT2D eigenvalue weighted by atomic mass is 16.5. The van der Waals surface area contributed by atoms with Gasteiger partial charge in [-0.15, -0.1) is 0 Å². The minimum Gasteiger partial charge on any atom is -0.359 e. The summed E-state index contributed by atoms with van der Waals surface area (Å²) in [4.78, 5) is 19.7. The number of carbonyl (C=O) groups is 1. The van der Waals surface area contributed by atoms with Gasteiger partial charge in [-0.05, 0) is 0 Å². The van der Waals surface area contributed by atoms with E-state index < -0.39 is 0 Å². The molecule has 1 saturated heterocycles. The van der Waals surface area contributed by atoms with Crippen molar-refractivity contribution in [3.8, 4) is 0 Å². The summed E-state index contributed by atoms with van der Waals surface area (Å²) in [7, 11) is 0. The lowest BCUT2D eigenvalue weighted by atomic mass is 10.5. The lowest BCUT2D eigenvalue weighted by Crippen LogP contribution is -2.29. The fraction of sp³-hybridized carbons (Fsp3) is 0.429. The molecule has 0 aliphatic carbocycles. The zero-order chi connectivity index (χ0) is 8.39. The lowest BCUT2D eigenvalue weighted by Gasteiger charge is -2.10. The summed E-state index contributed by atoms with van der Waals surface area (Å²) >= 11 is 0. The van der Waals surface area contributed by atoms with Gasteiger partial charge in [0, 0.05) is 18.9 Å². The van der Waals surface area contributed by atoms with Gasteiger partial charge in [-0.1, -0.05) is 0 Å². The Kier molecular flexibility index (Phi) is 1.79. The number of hydrogen-bond acceptors (Lipinski definition) is 3. The molecule has 12 heavy (non-hydrogen) atoms. The van der Waals surface area contributed by atoms with Crippen molar-refractivity contribution in [2.24, 2.45) is 0 Å². The Bertz CT molecular complexity index is 264. The third-order valence-electron chi connectivity index (χ3n) is 1.74. The van der Waals surface area contributed by atoms with E-state index in [1.807, 2.05) is 0 Å². The smallest absolute Gasteiger partial charge is 0.291 e. The molecule has 2 rings (SSSR count). The van der Waals surface area contributed by atoms with Crippen LogP contribution in [0.2, 0.25) is 0 Å². The van der Waals surface area contributed by atoms with Gasteiger partial charge in [-0.3, -0.25) is 4.79 Å². The number of carbonyl (C=O) groups excluding carboxylic acids is 1. The predicted octanol–water partition coefficient (Wildman–Crippen LogP) is -0.160. The Labute approximate surface area is 69.3 Å². The minimum atomic E-state index is -0.0995. The van der Waals surface area contributed by atoms with Crippen LogP contribution in [0.1, 0.15) is 10.6 Å². The van der Waals surface area contributed by atoms with E-state index in [0.29, 0.717) is 25.7 Å². The van der Waals surface area contributed by atoms with Gasteiger partial charge < -0.3 is 14.6 Å². The summed E-state index contributed by atoms with van der Waals surface area (Å²) in [6.45, 7) is 1.64. The molecule has 1 amide bonds. The maximum Gasteiger partial charge on any atom is 0.291 e. The number of amides is 1. The summed E-state index contributed by atoms with van der Waals surface area (Å²) in [5.74, 6) is 0.276. The monoisotopic (exact) mass is 167 g/mol. The standard InChI is InChI=1S/C7H9N3O2/c11-7(6-8-1-2-9-6)10-3-4-12-5-10/h1-2H,3-5H2,(H,8,9). The number of aromatic nitrogens is 2. The molecular formula is C7H9N3O2. The van der Waals surface area contributed by atoms with E-state index in [1.54, 1.807) is 17.3 Å². The van der Waals surface area contributed by atoms with Crippen molar-refractivity contribution >= 4 is 5.91 Å². The van der Waals surface area contributed by atoms with Crippen LogP contribution in [-0.2, 0) is 4.74 Å². The molecule has 0 bridgehead atoms. The SMILES string of the molecule is O=C(c1ncc[nH]1)N1CCOC1. The van der Waals surface area contributed by atoms with Crippen LogP contribution in [0.3, 0.4) is 0 Å². The van der Waals surface area contributed by atoms with Crippen molar-refractivity contribution in [2.45, 2.75) is 0 Å². The van der Waals surface area contributed by atoms with Crippen LogP contribution in [0, 0.1) is 0 Å². The third kappa shape index (κ3) is 1.18. The van der Waals surface area contributed by atoms with Gasteiger partial charge in [0.15, 0.2) is 5.82 Å². The second kappa shape index (κ2) is 2.94. The third-order valence-corrected chi connectivity index (χ3v) is 1.74. The second-order valence-corrected chi connectivity index (χ2v) is 2.54. The summed E-state index contributed by atoms with van der Waals surface area (Å²) < 4.78 is 5.04. The summed E-state index contributed by atoms with van der Waals surface area (Å²) in [6, 6.07) is 0. The number of imidazole rings is 1. The highest BCUT2D eigenvalue weighted by Crippen LogP contribution is 2.03. The molecule has 1 aromatic rings. The van der Waals surface area contributed by atoms with E-state index >= 15 is 0 Å². The molecule has 1 aliphatic heterocycles. The van der Waals surface area contributed by atoms with Gasteiger partial charge >= 0.3 is 0 Å².